The highest BCUT2D eigenvalue weighted by Crippen LogP contribution is 2.23. The Hall–Kier alpha value is -2.02. The van der Waals surface area contributed by atoms with Crippen LogP contribution in [0.25, 0.3) is 11.4 Å². The van der Waals surface area contributed by atoms with Crippen molar-refractivity contribution in [2.45, 2.75) is 19.4 Å². The van der Waals surface area contributed by atoms with E-state index in [1.165, 1.54) is 16.2 Å². The molecule has 19 heavy (non-hydrogen) atoms. The number of rotatable bonds is 3. The molecule has 2 amide bonds. The average Bonchev–Trinajstić information content (AvgIpc) is 3.06. The minimum Gasteiger partial charge on any atom is -0.276 e. The van der Waals surface area contributed by atoms with E-state index in [1.807, 2.05) is 18.5 Å². The summed E-state index contributed by atoms with van der Waals surface area (Å²) in [6, 6.07) is 1.88. The highest BCUT2D eigenvalue weighted by Gasteiger charge is 2.29. The fourth-order valence-electron chi connectivity index (χ4n) is 2.06. The van der Waals surface area contributed by atoms with E-state index in [0.29, 0.717) is 12.8 Å². The number of aromatic nitrogens is 3. The first-order valence-electron chi connectivity index (χ1n) is 5.91. The fourth-order valence-corrected chi connectivity index (χ4v) is 2.84. The molecule has 0 atom stereocenters. The lowest BCUT2D eigenvalue weighted by atomic mass is 10.3. The first-order valence-corrected chi connectivity index (χ1v) is 6.79. The Morgan fingerprint density at radius 2 is 2.05 bits per heavy atom. The summed E-state index contributed by atoms with van der Waals surface area (Å²) in [5, 5.41) is 6.77. The van der Waals surface area contributed by atoms with Crippen molar-refractivity contribution in [1.29, 1.82) is 0 Å². The third-order valence-corrected chi connectivity index (χ3v) is 3.92. The maximum Gasteiger partial charge on any atom is 0.230 e. The summed E-state index contributed by atoms with van der Waals surface area (Å²) in [4.78, 5) is 28.8. The van der Waals surface area contributed by atoms with Gasteiger partial charge in [0, 0.05) is 31.5 Å². The summed E-state index contributed by atoms with van der Waals surface area (Å²) in [6.45, 7) is 0.278. The number of nitrogens with zero attached hydrogens (tertiary/aromatic N) is 4. The van der Waals surface area contributed by atoms with E-state index < -0.39 is 0 Å². The number of thiazole rings is 1. The Kier molecular flexibility index (Phi) is 2.90. The third-order valence-electron chi connectivity index (χ3n) is 3.08. The summed E-state index contributed by atoms with van der Waals surface area (Å²) < 4.78 is 1.74. The minimum atomic E-state index is -0.109. The highest BCUT2D eigenvalue weighted by molar-refractivity contribution is 7.09. The van der Waals surface area contributed by atoms with Gasteiger partial charge in [0.2, 0.25) is 11.8 Å². The Bertz CT molecular complexity index is 630. The van der Waals surface area contributed by atoms with Crippen LogP contribution in [0.3, 0.4) is 0 Å². The van der Waals surface area contributed by atoms with Gasteiger partial charge in [0.1, 0.15) is 5.01 Å². The lowest BCUT2D eigenvalue weighted by Gasteiger charge is -2.10. The molecule has 1 fully saturated rings. The van der Waals surface area contributed by atoms with Crippen molar-refractivity contribution in [3.05, 3.63) is 22.7 Å². The Morgan fingerprint density at radius 3 is 2.68 bits per heavy atom. The summed E-state index contributed by atoms with van der Waals surface area (Å²) in [7, 11) is 1.85. The molecule has 98 valence electrons. The SMILES string of the molecule is Cn1nccc1-c1csc(CN2C(=O)CCC2=O)n1. The molecule has 2 aromatic heterocycles. The maximum atomic E-state index is 11.5. The van der Waals surface area contributed by atoms with Crippen molar-refractivity contribution in [3.63, 3.8) is 0 Å². The molecule has 0 saturated carbocycles. The Labute approximate surface area is 113 Å². The number of hydrogen-bond donors (Lipinski definition) is 0. The molecular weight excluding hydrogens is 264 g/mol. The molecule has 1 aliphatic heterocycles. The molecule has 2 aromatic rings. The fraction of sp³-hybridized carbons (Fsp3) is 0.333. The predicted molar refractivity (Wildman–Crippen MR) is 69.1 cm³/mol. The van der Waals surface area contributed by atoms with Crippen LogP contribution in [0, 0.1) is 0 Å². The summed E-state index contributed by atoms with van der Waals surface area (Å²) >= 11 is 1.45. The van der Waals surface area contributed by atoms with Crippen LogP contribution in [-0.4, -0.2) is 31.5 Å². The van der Waals surface area contributed by atoms with Crippen molar-refractivity contribution in [3.8, 4) is 11.4 Å². The van der Waals surface area contributed by atoms with Gasteiger partial charge in [-0.05, 0) is 6.07 Å². The number of likely N-dealkylation sites (tertiary alicyclic amines) is 1. The van der Waals surface area contributed by atoms with Gasteiger partial charge in [-0.25, -0.2) is 4.98 Å². The maximum absolute atomic E-state index is 11.5. The largest absolute Gasteiger partial charge is 0.276 e. The van der Waals surface area contributed by atoms with E-state index in [0.717, 1.165) is 16.4 Å². The monoisotopic (exact) mass is 276 g/mol. The molecule has 0 unspecified atom stereocenters. The molecular formula is C12H12N4O2S. The van der Waals surface area contributed by atoms with Crippen molar-refractivity contribution < 1.29 is 9.59 Å². The molecule has 6 nitrogen and oxygen atoms in total. The summed E-state index contributed by atoms with van der Waals surface area (Å²) in [5.41, 5.74) is 1.74. The lowest BCUT2D eigenvalue weighted by molar-refractivity contribution is -0.139. The van der Waals surface area contributed by atoms with Gasteiger partial charge in [-0.1, -0.05) is 0 Å². The van der Waals surface area contributed by atoms with Gasteiger partial charge in [0.05, 0.1) is 17.9 Å². The number of imide groups is 1. The lowest BCUT2D eigenvalue weighted by Crippen LogP contribution is -2.28. The molecule has 1 aliphatic rings. The minimum absolute atomic E-state index is 0.109. The van der Waals surface area contributed by atoms with Crippen LogP contribution in [0.5, 0.6) is 0 Å². The van der Waals surface area contributed by atoms with Gasteiger partial charge in [-0.15, -0.1) is 11.3 Å². The molecule has 7 heteroatoms. The smallest absolute Gasteiger partial charge is 0.230 e. The number of carbonyl (C=O) groups excluding carboxylic acids is 2. The molecule has 3 rings (SSSR count). The molecule has 0 radical (unpaired) electrons. The summed E-state index contributed by atoms with van der Waals surface area (Å²) in [5.74, 6) is -0.218. The van der Waals surface area contributed by atoms with Gasteiger partial charge in [-0.3, -0.25) is 19.2 Å². The van der Waals surface area contributed by atoms with Crippen molar-refractivity contribution >= 4 is 23.2 Å². The molecule has 0 spiro atoms. The second-order valence-corrected chi connectivity index (χ2v) is 5.28. The second-order valence-electron chi connectivity index (χ2n) is 4.34. The van der Waals surface area contributed by atoms with Crippen LogP contribution in [0.1, 0.15) is 17.8 Å². The van der Waals surface area contributed by atoms with Crippen LogP contribution in [0.15, 0.2) is 17.6 Å². The Morgan fingerprint density at radius 1 is 1.32 bits per heavy atom. The van der Waals surface area contributed by atoms with E-state index in [-0.39, 0.29) is 18.4 Å². The van der Waals surface area contributed by atoms with Crippen LogP contribution in [-0.2, 0) is 23.2 Å². The standard InChI is InChI=1S/C12H12N4O2S/c1-15-9(4-5-13-15)8-7-19-10(14-8)6-16-11(17)2-3-12(16)18/h4-5,7H,2-3,6H2,1H3. The van der Waals surface area contributed by atoms with E-state index in [1.54, 1.807) is 10.9 Å². The first-order chi connectivity index (χ1) is 9.15. The van der Waals surface area contributed by atoms with Gasteiger partial charge in [0.25, 0.3) is 0 Å². The van der Waals surface area contributed by atoms with E-state index in [9.17, 15) is 9.59 Å². The third kappa shape index (κ3) is 2.17. The molecule has 0 aliphatic carbocycles. The molecule has 0 aromatic carbocycles. The summed E-state index contributed by atoms with van der Waals surface area (Å²) in [6.07, 6.45) is 2.35. The van der Waals surface area contributed by atoms with Crippen LogP contribution in [0.4, 0.5) is 0 Å². The van der Waals surface area contributed by atoms with E-state index >= 15 is 0 Å². The number of hydrogen-bond acceptors (Lipinski definition) is 5. The predicted octanol–water partition coefficient (Wildman–Crippen LogP) is 1.19. The van der Waals surface area contributed by atoms with Crippen LogP contribution >= 0.6 is 11.3 Å². The topological polar surface area (TPSA) is 68.1 Å². The van der Waals surface area contributed by atoms with E-state index in [2.05, 4.69) is 10.1 Å². The van der Waals surface area contributed by atoms with Gasteiger partial charge < -0.3 is 0 Å². The highest BCUT2D eigenvalue weighted by atomic mass is 32.1. The number of amides is 2. The van der Waals surface area contributed by atoms with Gasteiger partial charge in [-0.2, -0.15) is 5.10 Å². The van der Waals surface area contributed by atoms with Crippen LogP contribution in [0.2, 0.25) is 0 Å². The molecule has 0 N–H and O–H groups in total. The number of aryl methyl sites for hydroxylation is 1. The normalized spacial score (nSPS) is 15.5. The Balaban J connectivity index is 1.81. The zero-order chi connectivity index (χ0) is 13.4. The quantitative estimate of drug-likeness (QED) is 0.790. The number of carbonyl (C=O) groups is 2. The van der Waals surface area contributed by atoms with Crippen molar-refractivity contribution in [2.24, 2.45) is 7.05 Å². The molecule has 3 heterocycles. The average molecular weight is 276 g/mol. The van der Waals surface area contributed by atoms with Crippen molar-refractivity contribution in [2.75, 3.05) is 0 Å². The van der Waals surface area contributed by atoms with Gasteiger partial charge >= 0.3 is 0 Å². The van der Waals surface area contributed by atoms with E-state index in [4.69, 9.17) is 0 Å². The van der Waals surface area contributed by atoms with Gasteiger partial charge in [0.15, 0.2) is 0 Å². The second kappa shape index (κ2) is 4.58. The van der Waals surface area contributed by atoms with Crippen LogP contribution < -0.4 is 0 Å². The van der Waals surface area contributed by atoms with Crippen molar-refractivity contribution in [1.82, 2.24) is 19.7 Å². The molecule has 1 saturated heterocycles. The zero-order valence-corrected chi connectivity index (χ0v) is 11.2. The molecule has 0 bridgehead atoms. The first kappa shape index (κ1) is 12.0. The zero-order valence-electron chi connectivity index (χ0n) is 10.4.